The van der Waals surface area contributed by atoms with E-state index in [1.165, 1.54) is 54.6 Å². The average Bonchev–Trinajstić information content (AvgIpc) is 0.748. The molecule has 6 aromatic carbocycles. The molecule has 89 heavy (non-hydrogen) atoms. The fourth-order valence-corrected chi connectivity index (χ4v) is 12.4. The number of halogens is 3. The predicted octanol–water partition coefficient (Wildman–Crippen LogP) is 9.27. The number of hydrogen-bond acceptors (Lipinski definition) is 18. The first kappa shape index (κ1) is 57.7. The molecule has 9 aromatic rings. The third kappa shape index (κ3) is 9.82. The van der Waals surface area contributed by atoms with Crippen LogP contribution in [0.1, 0.15) is 16.7 Å². The highest BCUT2D eigenvalue weighted by Crippen LogP contribution is 2.51. The van der Waals surface area contributed by atoms with Crippen LogP contribution in [0.25, 0.3) is 49.8 Å². The Morgan fingerprint density at radius 1 is 0.427 bits per heavy atom. The lowest BCUT2D eigenvalue weighted by Gasteiger charge is -2.36. The van der Waals surface area contributed by atoms with Crippen LogP contribution in [0.2, 0.25) is 0 Å². The largest absolute Gasteiger partial charge is 0.450 e. The van der Waals surface area contributed by atoms with Gasteiger partial charge in [-0.15, -0.1) is 0 Å². The predicted molar refractivity (Wildman–Crippen MR) is 327 cm³/mol. The van der Waals surface area contributed by atoms with Crippen LogP contribution in [0, 0.1) is 68.6 Å². The van der Waals surface area contributed by atoms with Crippen molar-refractivity contribution in [3.8, 4) is 51.6 Å². The first-order chi connectivity index (χ1) is 42.6. The number of piperazine rings is 3. The highest BCUT2D eigenvalue weighted by molar-refractivity contribution is 5.97. The molecular formula is C62H55F3N12O12. The number of hydrogen-bond donors (Lipinski definition) is 1. The number of likely N-dealkylation sites (N-methyl/N-ethyl adjacent to an activating group) is 2. The number of rotatable bonds is 6. The Balaban J connectivity index is 0.000000123. The van der Waals surface area contributed by atoms with Crippen LogP contribution in [0.4, 0.5) is 47.3 Å². The minimum atomic E-state index is -0.544. The van der Waals surface area contributed by atoms with E-state index in [9.17, 15) is 44.7 Å². The first-order valence-electron chi connectivity index (χ1n) is 28.5. The number of pyridine rings is 3. The summed E-state index contributed by atoms with van der Waals surface area (Å²) in [7, 11) is 4.01. The van der Waals surface area contributed by atoms with Gasteiger partial charge in [-0.1, -0.05) is 0 Å². The molecule has 3 fully saturated rings. The number of nitro groups is 3. The van der Waals surface area contributed by atoms with Crippen molar-refractivity contribution in [2.45, 2.75) is 20.8 Å². The van der Waals surface area contributed by atoms with Crippen molar-refractivity contribution in [3.05, 3.63) is 187 Å². The van der Waals surface area contributed by atoms with Gasteiger partial charge in [0, 0.05) is 132 Å². The van der Waals surface area contributed by atoms with Gasteiger partial charge in [-0.2, -0.15) is 0 Å². The van der Waals surface area contributed by atoms with Crippen LogP contribution in [0.3, 0.4) is 0 Å². The van der Waals surface area contributed by atoms with E-state index in [2.05, 4.69) is 15.1 Å². The van der Waals surface area contributed by atoms with Crippen molar-refractivity contribution in [1.29, 1.82) is 0 Å². The molecule has 6 aliphatic heterocycles. The molecule has 3 saturated heterocycles. The molecule has 27 heteroatoms. The number of aromatic nitrogens is 3. The summed E-state index contributed by atoms with van der Waals surface area (Å²) in [5.41, 5.74) is 4.14. The Morgan fingerprint density at radius 3 is 0.989 bits per heavy atom. The fraction of sp³-hybridized carbons (Fsp3) is 0.274. The zero-order chi connectivity index (χ0) is 62.6. The van der Waals surface area contributed by atoms with E-state index in [1.807, 2.05) is 28.8 Å². The summed E-state index contributed by atoms with van der Waals surface area (Å²) >= 11 is 0. The van der Waals surface area contributed by atoms with E-state index >= 15 is 13.2 Å². The highest BCUT2D eigenvalue weighted by atomic mass is 19.1. The second-order valence-corrected chi connectivity index (χ2v) is 22.7. The van der Waals surface area contributed by atoms with E-state index in [0.29, 0.717) is 103 Å². The maximum Gasteiger partial charge on any atom is 0.273 e. The Morgan fingerprint density at radius 2 is 0.708 bits per heavy atom. The molecule has 0 unspecified atom stereocenters. The third-order valence-electron chi connectivity index (χ3n) is 17.0. The van der Waals surface area contributed by atoms with Crippen molar-refractivity contribution >= 4 is 66.8 Å². The van der Waals surface area contributed by atoms with E-state index < -0.39 is 32.2 Å². The summed E-state index contributed by atoms with van der Waals surface area (Å²) in [5.74, 6) is -0.207. The highest BCUT2D eigenvalue weighted by Gasteiger charge is 2.35. The molecule has 15 rings (SSSR count). The molecule has 3 aromatic heterocycles. The molecular weight excluding hydrogens is 1160 g/mol. The summed E-state index contributed by atoms with van der Waals surface area (Å²) in [6.07, 6.45) is 5.01. The number of anilines is 3. The number of fused-ring (bicyclic) bond motifs is 6. The van der Waals surface area contributed by atoms with Crippen LogP contribution >= 0.6 is 0 Å². The Kier molecular flexibility index (Phi) is 14.3. The van der Waals surface area contributed by atoms with Crippen LogP contribution in [-0.4, -0.2) is 131 Å². The number of nitrogens with zero attached hydrogens (tertiary/aromatic N) is 11. The summed E-state index contributed by atoms with van der Waals surface area (Å²) in [6, 6.07) is 16.7. The second-order valence-electron chi connectivity index (χ2n) is 22.7. The van der Waals surface area contributed by atoms with Crippen LogP contribution < -0.4 is 50.5 Å². The fourth-order valence-electron chi connectivity index (χ4n) is 12.4. The molecule has 0 bridgehead atoms. The first-order valence-corrected chi connectivity index (χ1v) is 28.5. The summed E-state index contributed by atoms with van der Waals surface area (Å²) in [4.78, 5) is 80.4. The molecule has 0 spiro atoms. The van der Waals surface area contributed by atoms with Gasteiger partial charge in [0.05, 0.1) is 66.2 Å². The van der Waals surface area contributed by atoms with Crippen LogP contribution in [0.5, 0.6) is 34.5 Å². The summed E-state index contributed by atoms with van der Waals surface area (Å²) in [6.45, 7) is 13.0. The maximum absolute atomic E-state index is 15.3. The molecule has 0 aliphatic carbocycles. The lowest BCUT2D eigenvalue weighted by molar-refractivity contribution is -0.385. The molecule has 9 heterocycles. The van der Waals surface area contributed by atoms with Crippen molar-refractivity contribution in [2.24, 2.45) is 0 Å². The molecule has 0 radical (unpaired) electrons. The van der Waals surface area contributed by atoms with Crippen LogP contribution in [-0.2, 0) is 0 Å². The number of nitro benzene ring substituents is 3. The molecule has 6 aliphatic rings. The molecule has 0 atom stereocenters. The third-order valence-corrected chi connectivity index (χ3v) is 17.0. The minimum absolute atomic E-state index is 0.122. The van der Waals surface area contributed by atoms with E-state index in [1.54, 1.807) is 71.3 Å². The van der Waals surface area contributed by atoms with E-state index in [0.717, 1.165) is 26.2 Å². The minimum Gasteiger partial charge on any atom is -0.450 e. The number of aryl methyl sites for hydroxylation is 3. The molecule has 0 amide bonds. The quantitative estimate of drug-likeness (QED) is 0.120. The monoisotopic (exact) mass is 1220 g/mol. The number of benzene rings is 6. The molecule has 24 nitrogen and oxygen atoms in total. The van der Waals surface area contributed by atoms with Gasteiger partial charge < -0.3 is 57.7 Å². The van der Waals surface area contributed by atoms with Gasteiger partial charge in [0.1, 0.15) is 33.6 Å². The maximum atomic E-state index is 15.3. The van der Waals surface area contributed by atoms with Gasteiger partial charge in [0.2, 0.25) is 0 Å². The smallest absolute Gasteiger partial charge is 0.273 e. The summed E-state index contributed by atoms with van der Waals surface area (Å²) in [5, 5.41) is 37.6. The topological polar surface area (TPSA) is 251 Å². The van der Waals surface area contributed by atoms with Gasteiger partial charge in [-0.3, -0.25) is 44.7 Å². The van der Waals surface area contributed by atoms with Crippen molar-refractivity contribution in [1.82, 2.24) is 28.8 Å². The van der Waals surface area contributed by atoms with Gasteiger partial charge >= 0.3 is 0 Å². The van der Waals surface area contributed by atoms with Crippen LogP contribution in [0.15, 0.2) is 106 Å². The number of ether oxygens (including phenoxy) is 3. The number of non-ortho nitro benzene ring substituents is 3. The molecule has 1 N–H and O–H groups in total. The van der Waals surface area contributed by atoms with Crippen molar-refractivity contribution < 1.29 is 42.2 Å². The Labute approximate surface area is 502 Å². The molecule has 0 saturated carbocycles. The van der Waals surface area contributed by atoms with Crippen molar-refractivity contribution in [2.75, 3.05) is 107 Å². The zero-order valence-corrected chi connectivity index (χ0v) is 48.6. The van der Waals surface area contributed by atoms with Gasteiger partial charge in [-0.05, 0) is 71.3 Å². The molecule has 456 valence electrons. The average molecular weight is 1220 g/mol. The van der Waals surface area contributed by atoms with Gasteiger partial charge in [0.15, 0.2) is 68.2 Å². The Hall–Kier alpha value is -10.4. The zero-order valence-electron chi connectivity index (χ0n) is 48.6. The lowest BCUT2D eigenvalue weighted by Crippen LogP contribution is -2.45. The SMILES string of the molecule is Cc1cn2c3c(c(N4CCN(C)CC4)c(F)cc3c1=O)Oc1cc([N+](=O)[O-])ccc1-2.Cc1cn2c3c(c(N4CCN(C)CC4)c(F)cc3c1=O)Oc1cc([N+](=O)[O-])ccc1-2.Cc1cn2c3c(c(N4CCNCC4)c(F)cc3c1=O)Oc1cc([N+](=O)[O-])ccc1-2. The van der Waals surface area contributed by atoms with Crippen molar-refractivity contribution in [3.63, 3.8) is 0 Å². The van der Waals surface area contributed by atoms with Gasteiger partial charge in [0.25, 0.3) is 17.1 Å². The summed E-state index contributed by atoms with van der Waals surface area (Å²) < 4.78 is 69.3. The van der Waals surface area contributed by atoms with E-state index in [-0.39, 0.29) is 101 Å². The Bertz CT molecular complexity index is 4540. The normalized spacial score (nSPS) is 15.6. The van der Waals surface area contributed by atoms with Gasteiger partial charge in [-0.25, -0.2) is 13.2 Å². The number of nitrogens with one attached hydrogen (secondary N) is 1. The van der Waals surface area contributed by atoms with E-state index in [4.69, 9.17) is 14.2 Å². The lowest BCUT2D eigenvalue weighted by atomic mass is 10.1. The standard InChI is InChI=1S/2C21H19FN4O4.C20H17FN4O4/c2*1-12-11-25-16-4-3-13(26(28)29)9-17(16)30-21-18(25)14(20(12)27)10-15(22)19(21)24-7-5-23(2)6-8-24;1-11-10-24-15-3-2-12(25(27)28)8-16(15)29-20-17(24)13(19(11)26)9-14(21)18(20)23-6-4-22-5-7-23/h2*3-4,9-11H,5-8H2,1-2H3;2-3,8-10,22H,4-7H2,1H3. The second kappa shape index (κ2) is 22.1.